The average molecular weight is 300 g/mol. The Labute approximate surface area is 129 Å². The summed E-state index contributed by atoms with van der Waals surface area (Å²) in [5, 5.41) is 7.45. The number of rotatable bonds is 7. The van der Waals surface area contributed by atoms with Gasteiger partial charge in [0.2, 0.25) is 11.8 Å². The van der Waals surface area contributed by atoms with E-state index in [9.17, 15) is 9.59 Å². The van der Waals surface area contributed by atoms with E-state index in [2.05, 4.69) is 10.6 Å². The number of amides is 2. The number of ether oxygens (including phenoxy) is 1. The number of methoxy groups -OCH3 is 1. The molecular weight excluding hydrogens is 280 g/mol. The molecule has 0 saturated carbocycles. The standard InChI is InChI=1S/C17H20N2O3/c1-22-10-9-18-17(21)12-19-16(20)11-14-7-4-6-13-5-2-3-8-15(13)14/h2-8H,9-12H2,1H3,(H,18,21)(H,19,20). The Kier molecular flexibility index (Phi) is 5.91. The minimum absolute atomic E-state index is 0.0205. The summed E-state index contributed by atoms with van der Waals surface area (Å²) in [5.41, 5.74) is 0.954. The monoisotopic (exact) mass is 300 g/mol. The third kappa shape index (κ3) is 4.56. The Morgan fingerprint density at radius 3 is 2.59 bits per heavy atom. The van der Waals surface area contributed by atoms with Gasteiger partial charge in [0.05, 0.1) is 19.6 Å². The van der Waals surface area contributed by atoms with E-state index in [1.807, 2.05) is 42.5 Å². The fraction of sp³-hybridized carbons (Fsp3) is 0.294. The number of benzene rings is 2. The number of carbonyl (C=O) groups excluding carboxylic acids is 2. The molecule has 22 heavy (non-hydrogen) atoms. The summed E-state index contributed by atoms with van der Waals surface area (Å²) in [7, 11) is 1.57. The summed E-state index contributed by atoms with van der Waals surface area (Å²) in [6.07, 6.45) is 0.257. The number of nitrogens with one attached hydrogen (secondary N) is 2. The molecule has 0 saturated heterocycles. The molecule has 0 aliphatic carbocycles. The Balaban J connectivity index is 1.87. The van der Waals surface area contributed by atoms with E-state index in [4.69, 9.17) is 4.74 Å². The first-order valence-corrected chi connectivity index (χ1v) is 7.19. The average Bonchev–Trinajstić information content (AvgIpc) is 2.54. The van der Waals surface area contributed by atoms with Gasteiger partial charge in [-0.3, -0.25) is 9.59 Å². The summed E-state index contributed by atoms with van der Waals surface area (Å²) in [4.78, 5) is 23.5. The molecule has 2 aromatic rings. The molecule has 0 heterocycles. The topological polar surface area (TPSA) is 67.4 Å². The normalized spacial score (nSPS) is 10.4. The molecular formula is C17H20N2O3. The van der Waals surface area contributed by atoms with E-state index in [1.165, 1.54) is 0 Å². The van der Waals surface area contributed by atoms with Crippen molar-refractivity contribution in [1.82, 2.24) is 10.6 Å². The molecule has 116 valence electrons. The lowest BCUT2D eigenvalue weighted by molar-refractivity contribution is -0.125. The van der Waals surface area contributed by atoms with Crippen molar-refractivity contribution in [2.75, 3.05) is 26.8 Å². The van der Waals surface area contributed by atoms with Crippen molar-refractivity contribution in [3.05, 3.63) is 48.0 Å². The molecule has 0 fully saturated rings. The number of carbonyl (C=O) groups is 2. The Hall–Kier alpha value is -2.40. The SMILES string of the molecule is COCCNC(=O)CNC(=O)Cc1cccc2ccccc12. The van der Waals surface area contributed by atoms with Gasteiger partial charge in [-0.15, -0.1) is 0 Å². The second-order valence-electron chi connectivity index (χ2n) is 4.93. The van der Waals surface area contributed by atoms with Crippen LogP contribution in [0.3, 0.4) is 0 Å². The van der Waals surface area contributed by atoms with E-state index in [-0.39, 0.29) is 24.8 Å². The van der Waals surface area contributed by atoms with E-state index < -0.39 is 0 Å². The third-order valence-electron chi connectivity index (χ3n) is 3.31. The maximum atomic E-state index is 12.0. The van der Waals surface area contributed by atoms with Crippen molar-refractivity contribution in [1.29, 1.82) is 0 Å². The van der Waals surface area contributed by atoms with Gasteiger partial charge in [0, 0.05) is 13.7 Å². The van der Waals surface area contributed by atoms with Crippen LogP contribution in [0.2, 0.25) is 0 Å². The van der Waals surface area contributed by atoms with Gasteiger partial charge in [-0.05, 0) is 16.3 Å². The van der Waals surface area contributed by atoms with Gasteiger partial charge in [-0.1, -0.05) is 42.5 Å². The van der Waals surface area contributed by atoms with Gasteiger partial charge in [-0.2, -0.15) is 0 Å². The maximum Gasteiger partial charge on any atom is 0.239 e. The van der Waals surface area contributed by atoms with Gasteiger partial charge < -0.3 is 15.4 Å². The van der Waals surface area contributed by atoms with Gasteiger partial charge in [0.25, 0.3) is 0 Å². The van der Waals surface area contributed by atoms with Crippen LogP contribution in [0.15, 0.2) is 42.5 Å². The van der Waals surface area contributed by atoms with Crippen LogP contribution in [0.25, 0.3) is 10.8 Å². The van der Waals surface area contributed by atoms with Crippen LogP contribution >= 0.6 is 0 Å². The summed E-state index contributed by atoms with van der Waals surface area (Å²) >= 11 is 0. The molecule has 2 amide bonds. The smallest absolute Gasteiger partial charge is 0.239 e. The summed E-state index contributed by atoms with van der Waals surface area (Å²) in [6, 6.07) is 13.8. The largest absolute Gasteiger partial charge is 0.383 e. The van der Waals surface area contributed by atoms with Crippen LogP contribution in [-0.4, -0.2) is 38.6 Å². The Morgan fingerprint density at radius 2 is 1.77 bits per heavy atom. The molecule has 5 heteroatoms. The fourth-order valence-corrected chi connectivity index (χ4v) is 2.22. The zero-order chi connectivity index (χ0) is 15.8. The van der Waals surface area contributed by atoms with Crippen LogP contribution in [0, 0.1) is 0 Å². The highest BCUT2D eigenvalue weighted by molar-refractivity contribution is 5.91. The van der Waals surface area contributed by atoms with E-state index in [1.54, 1.807) is 7.11 Å². The van der Waals surface area contributed by atoms with E-state index >= 15 is 0 Å². The molecule has 0 radical (unpaired) electrons. The molecule has 2 N–H and O–H groups in total. The van der Waals surface area contributed by atoms with Crippen molar-refractivity contribution >= 4 is 22.6 Å². The highest BCUT2D eigenvalue weighted by atomic mass is 16.5. The highest BCUT2D eigenvalue weighted by Crippen LogP contribution is 2.18. The first-order valence-electron chi connectivity index (χ1n) is 7.19. The molecule has 0 spiro atoms. The Bertz CT molecular complexity index is 650. The zero-order valence-electron chi connectivity index (χ0n) is 12.6. The summed E-state index contributed by atoms with van der Waals surface area (Å²) in [6.45, 7) is 0.873. The van der Waals surface area contributed by atoms with Crippen LogP contribution in [0.1, 0.15) is 5.56 Å². The van der Waals surface area contributed by atoms with Crippen LogP contribution < -0.4 is 10.6 Å². The summed E-state index contributed by atoms with van der Waals surface area (Å²) < 4.78 is 4.84. The molecule has 0 aromatic heterocycles. The second kappa shape index (κ2) is 8.14. The molecule has 0 aliphatic rings. The van der Waals surface area contributed by atoms with Crippen molar-refractivity contribution in [3.63, 3.8) is 0 Å². The maximum absolute atomic E-state index is 12.0. The second-order valence-corrected chi connectivity index (χ2v) is 4.93. The van der Waals surface area contributed by atoms with E-state index in [0.29, 0.717) is 13.2 Å². The predicted octanol–water partition coefficient (Wildman–Crippen LogP) is 1.26. The molecule has 0 unspecified atom stereocenters. The predicted molar refractivity (Wildman–Crippen MR) is 85.5 cm³/mol. The van der Waals surface area contributed by atoms with Crippen LogP contribution in [0.5, 0.6) is 0 Å². The number of fused-ring (bicyclic) bond motifs is 1. The molecule has 0 bridgehead atoms. The van der Waals surface area contributed by atoms with Gasteiger partial charge in [-0.25, -0.2) is 0 Å². The van der Waals surface area contributed by atoms with Gasteiger partial charge in [0.1, 0.15) is 0 Å². The fourth-order valence-electron chi connectivity index (χ4n) is 2.22. The van der Waals surface area contributed by atoms with Crippen molar-refractivity contribution < 1.29 is 14.3 Å². The van der Waals surface area contributed by atoms with E-state index in [0.717, 1.165) is 16.3 Å². The molecule has 0 aliphatic heterocycles. The lowest BCUT2D eigenvalue weighted by Crippen LogP contribution is -2.38. The van der Waals surface area contributed by atoms with Gasteiger partial charge >= 0.3 is 0 Å². The zero-order valence-corrected chi connectivity index (χ0v) is 12.6. The lowest BCUT2D eigenvalue weighted by Gasteiger charge is -2.08. The van der Waals surface area contributed by atoms with Crippen molar-refractivity contribution in [3.8, 4) is 0 Å². The first kappa shape index (κ1) is 16.0. The Morgan fingerprint density at radius 1 is 1.00 bits per heavy atom. The summed E-state index contributed by atoms with van der Waals surface area (Å²) in [5.74, 6) is -0.387. The van der Waals surface area contributed by atoms with Crippen molar-refractivity contribution in [2.45, 2.75) is 6.42 Å². The third-order valence-corrected chi connectivity index (χ3v) is 3.31. The first-order chi connectivity index (χ1) is 10.7. The van der Waals surface area contributed by atoms with Crippen LogP contribution in [-0.2, 0) is 20.7 Å². The van der Waals surface area contributed by atoms with Gasteiger partial charge in [0.15, 0.2) is 0 Å². The highest BCUT2D eigenvalue weighted by Gasteiger charge is 2.08. The number of hydrogen-bond acceptors (Lipinski definition) is 3. The quantitative estimate of drug-likeness (QED) is 0.757. The molecule has 2 aromatic carbocycles. The van der Waals surface area contributed by atoms with Crippen molar-refractivity contribution in [2.24, 2.45) is 0 Å². The minimum Gasteiger partial charge on any atom is -0.383 e. The molecule has 5 nitrogen and oxygen atoms in total. The minimum atomic E-state index is -0.219. The molecule has 0 atom stereocenters. The molecule has 2 rings (SSSR count). The number of hydrogen-bond donors (Lipinski definition) is 2. The lowest BCUT2D eigenvalue weighted by atomic mass is 10.0. The van der Waals surface area contributed by atoms with Crippen LogP contribution in [0.4, 0.5) is 0 Å².